The number of carbonyl (C=O) groups is 2. The highest BCUT2D eigenvalue weighted by Gasteiger charge is 2.29. The van der Waals surface area contributed by atoms with Gasteiger partial charge in [-0.3, -0.25) is 14.7 Å². The van der Waals surface area contributed by atoms with Gasteiger partial charge in [0, 0.05) is 18.7 Å². The third-order valence-corrected chi connectivity index (χ3v) is 4.70. The van der Waals surface area contributed by atoms with Gasteiger partial charge in [-0.05, 0) is 57.2 Å². The molecule has 0 unspecified atom stereocenters. The second kappa shape index (κ2) is 10.9. The van der Waals surface area contributed by atoms with E-state index in [0.717, 1.165) is 16.8 Å². The number of nitrogens with one attached hydrogen (secondary N) is 2. The fraction of sp³-hybridized carbons (Fsp3) is 0.455. The number of hydrogen-bond acceptors (Lipinski definition) is 7. The number of anilines is 1. The molecule has 11 heteroatoms. The Kier molecular flexibility index (Phi) is 8.55. The number of aliphatic hydroxyl groups is 1. The van der Waals surface area contributed by atoms with Crippen molar-refractivity contribution in [1.29, 1.82) is 0 Å². The number of carboxylic acid groups (broad SMARTS) is 1. The Hall–Kier alpha value is -3.44. The van der Waals surface area contributed by atoms with Gasteiger partial charge in [0.15, 0.2) is 0 Å². The van der Waals surface area contributed by atoms with Crippen molar-refractivity contribution >= 4 is 17.7 Å². The molecule has 0 atom stereocenters. The normalized spacial score (nSPS) is 12.6. The zero-order chi connectivity index (χ0) is 24.8. The van der Waals surface area contributed by atoms with Gasteiger partial charge in [-0.1, -0.05) is 12.1 Å². The molecule has 3 rings (SSSR count). The first-order valence-corrected chi connectivity index (χ1v) is 10.5. The summed E-state index contributed by atoms with van der Waals surface area (Å²) >= 11 is 0. The number of rotatable bonds is 5. The number of nitrogens with zero attached hydrogens (tertiary/aromatic N) is 1. The highest BCUT2D eigenvalue weighted by molar-refractivity contribution is 5.90. The molecule has 1 aliphatic rings. The van der Waals surface area contributed by atoms with Crippen molar-refractivity contribution in [3.63, 3.8) is 0 Å². The summed E-state index contributed by atoms with van der Waals surface area (Å²) in [6.07, 6.45) is 0.856. The Morgan fingerprint density at radius 2 is 1.85 bits per heavy atom. The van der Waals surface area contributed by atoms with Crippen molar-refractivity contribution in [2.75, 3.05) is 24.6 Å². The summed E-state index contributed by atoms with van der Waals surface area (Å²) in [5, 5.41) is 17.0. The van der Waals surface area contributed by atoms with Crippen LogP contribution in [0.3, 0.4) is 0 Å². The van der Waals surface area contributed by atoms with E-state index >= 15 is 0 Å². The van der Waals surface area contributed by atoms with Crippen LogP contribution in [0, 0.1) is 0 Å². The number of carbonyl (C=O) groups excluding carboxylic acids is 1. The zero-order valence-corrected chi connectivity index (χ0v) is 18.9. The van der Waals surface area contributed by atoms with Crippen LogP contribution >= 0.6 is 0 Å². The molecule has 0 bridgehead atoms. The highest BCUT2D eigenvalue weighted by atomic mass is 16.6. The SMILES string of the molecule is CC(C)(C)OC(=O)N1CCc2cc(CCc3c(C(=O)O)[nH]c(=O)[nH]c3=O)ccc21.NCCO. The standard InChI is InChI=1S/C20H23N3O6.C2H7NO/c1-20(2,3)29-19(28)23-9-8-12-10-11(5-7-14(12)23)4-6-13-15(17(25)26)21-18(27)22-16(13)24;3-1-2-4/h5,7,10H,4,6,8-9H2,1-3H3,(H,25,26)(H2,21,22,24,27);4H,1-3H2. The number of H-pyrrole nitrogens is 2. The molecule has 1 aromatic heterocycles. The van der Waals surface area contributed by atoms with Gasteiger partial charge in [-0.2, -0.15) is 0 Å². The topological polar surface area (TPSA) is 179 Å². The maximum absolute atomic E-state index is 12.4. The van der Waals surface area contributed by atoms with Crippen LogP contribution in [0.2, 0.25) is 0 Å². The quantitative estimate of drug-likeness (QED) is 0.432. The van der Waals surface area contributed by atoms with E-state index in [4.69, 9.17) is 15.6 Å². The average molecular weight is 463 g/mol. The fourth-order valence-electron chi connectivity index (χ4n) is 3.32. The fourth-order valence-corrected chi connectivity index (χ4v) is 3.32. The van der Waals surface area contributed by atoms with Crippen LogP contribution in [0.5, 0.6) is 0 Å². The molecule has 33 heavy (non-hydrogen) atoms. The molecule has 1 amide bonds. The lowest BCUT2D eigenvalue weighted by molar-refractivity contribution is 0.0583. The minimum atomic E-state index is -1.36. The number of fused-ring (bicyclic) bond motifs is 1. The number of aryl methyl sites for hydroxylation is 1. The van der Waals surface area contributed by atoms with Crippen molar-refractivity contribution in [2.45, 2.75) is 45.6 Å². The molecular weight excluding hydrogens is 432 g/mol. The molecule has 11 nitrogen and oxygen atoms in total. The number of hydrogen-bond donors (Lipinski definition) is 5. The molecular formula is C22H30N4O7. The Morgan fingerprint density at radius 1 is 1.18 bits per heavy atom. The van der Waals surface area contributed by atoms with Gasteiger partial charge in [0.2, 0.25) is 0 Å². The maximum atomic E-state index is 12.4. The predicted octanol–water partition coefficient (Wildman–Crippen LogP) is 0.782. The van der Waals surface area contributed by atoms with Crippen molar-refractivity contribution in [1.82, 2.24) is 9.97 Å². The lowest BCUT2D eigenvalue weighted by Crippen LogP contribution is -2.35. The van der Waals surface area contributed by atoms with Crippen molar-refractivity contribution in [2.24, 2.45) is 5.73 Å². The molecule has 6 N–H and O–H groups in total. The summed E-state index contributed by atoms with van der Waals surface area (Å²) in [6, 6.07) is 5.61. The van der Waals surface area contributed by atoms with E-state index in [0.29, 0.717) is 25.9 Å². The first kappa shape index (κ1) is 25.8. The smallest absolute Gasteiger partial charge is 0.414 e. The molecule has 2 heterocycles. The molecule has 0 saturated carbocycles. The van der Waals surface area contributed by atoms with Gasteiger partial charge in [0.05, 0.1) is 12.3 Å². The van der Waals surface area contributed by atoms with E-state index in [1.807, 2.05) is 39.0 Å². The third kappa shape index (κ3) is 7.02. The molecule has 0 spiro atoms. The van der Waals surface area contributed by atoms with E-state index in [1.165, 1.54) is 0 Å². The van der Waals surface area contributed by atoms with Gasteiger partial charge in [0.1, 0.15) is 11.3 Å². The Morgan fingerprint density at radius 3 is 2.42 bits per heavy atom. The summed E-state index contributed by atoms with van der Waals surface area (Å²) in [5.74, 6) is -1.36. The van der Waals surface area contributed by atoms with Gasteiger partial charge < -0.3 is 25.7 Å². The molecule has 0 radical (unpaired) electrons. The number of ether oxygens (including phenoxy) is 1. The zero-order valence-electron chi connectivity index (χ0n) is 18.9. The highest BCUT2D eigenvalue weighted by Crippen LogP contribution is 2.30. The van der Waals surface area contributed by atoms with E-state index < -0.39 is 34.6 Å². The Bertz CT molecular complexity index is 1110. The van der Waals surface area contributed by atoms with Crippen LogP contribution in [-0.2, 0) is 24.0 Å². The number of nitrogens with two attached hydrogens (primary N) is 1. The lowest BCUT2D eigenvalue weighted by Gasteiger charge is -2.24. The van der Waals surface area contributed by atoms with E-state index in [-0.39, 0.29) is 18.6 Å². The lowest BCUT2D eigenvalue weighted by atomic mass is 10.0. The minimum absolute atomic E-state index is 0.0213. The summed E-state index contributed by atoms with van der Waals surface area (Å²) in [4.78, 5) is 52.8. The van der Waals surface area contributed by atoms with Crippen LogP contribution in [0.25, 0.3) is 0 Å². The van der Waals surface area contributed by atoms with Crippen LogP contribution in [-0.4, -0.2) is 57.5 Å². The summed E-state index contributed by atoms with van der Waals surface area (Å²) in [7, 11) is 0. The van der Waals surface area contributed by atoms with Gasteiger partial charge in [0.25, 0.3) is 5.56 Å². The summed E-state index contributed by atoms with van der Waals surface area (Å²) in [6.45, 7) is 6.44. The number of carboxylic acids is 1. The second-order valence-corrected chi connectivity index (χ2v) is 8.42. The number of aromatic amines is 2. The third-order valence-electron chi connectivity index (χ3n) is 4.70. The number of benzene rings is 1. The van der Waals surface area contributed by atoms with Crippen molar-refractivity contribution < 1.29 is 24.5 Å². The number of amides is 1. The molecule has 180 valence electrons. The molecule has 0 saturated heterocycles. The van der Waals surface area contributed by atoms with Crippen molar-refractivity contribution in [3.05, 3.63) is 61.4 Å². The molecule has 1 aliphatic heterocycles. The largest absolute Gasteiger partial charge is 0.477 e. The molecule has 0 aliphatic carbocycles. The van der Waals surface area contributed by atoms with Gasteiger partial charge in [-0.25, -0.2) is 14.4 Å². The van der Waals surface area contributed by atoms with E-state index in [1.54, 1.807) is 4.90 Å². The number of aromatic nitrogens is 2. The average Bonchev–Trinajstić information content (AvgIpc) is 3.15. The number of aromatic carboxylic acids is 1. The Labute approximate surface area is 190 Å². The molecule has 0 fully saturated rings. The van der Waals surface area contributed by atoms with Crippen LogP contribution in [0.4, 0.5) is 10.5 Å². The first-order chi connectivity index (χ1) is 15.5. The van der Waals surface area contributed by atoms with Crippen LogP contribution in [0.1, 0.15) is 48.0 Å². The van der Waals surface area contributed by atoms with Gasteiger partial charge >= 0.3 is 17.8 Å². The monoisotopic (exact) mass is 462 g/mol. The van der Waals surface area contributed by atoms with Gasteiger partial charge in [-0.15, -0.1) is 0 Å². The summed E-state index contributed by atoms with van der Waals surface area (Å²) in [5.41, 5.74) is 4.95. The minimum Gasteiger partial charge on any atom is -0.477 e. The first-order valence-electron chi connectivity index (χ1n) is 10.5. The van der Waals surface area contributed by atoms with Crippen molar-refractivity contribution in [3.8, 4) is 0 Å². The summed E-state index contributed by atoms with van der Waals surface area (Å²) < 4.78 is 5.44. The number of aliphatic hydroxyl groups excluding tert-OH is 1. The molecule has 1 aromatic carbocycles. The molecule has 2 aromatic rings. The maximum Gasteiger partial charge on any atom is 0.414 e. The van der Waals surface area contributed by atoms with Crippen LogP contribution in [0.15, 0.2) is 27.8 Å². The predicted molar refractivity (Wildman–Crippen MR) is 122 cm³/mol. The van der Waals surface area contributed by atoms with E-state index in [2.05, 4.69) is 9.97 Å². The Balaban J connectivity index is 0.000000890. The second-order valence-electron chi connectivity index (χ2n) is 8.42. The van der Waals surface area contributed by atoms with E-state index in [9.17, 15) is 24.3 Å². The van der Waals surface area contributed by atoms with Crippen LogP contribution < -0.4 is 21.9 Å².